The van der Waals surface area contributed by atoms with Crippen molar-refractivity contribution in [3.05, 3.63) is 35.4 Å². The zero-order valence-corrected chi connectivity index (χ0v) is 9.07. The Hall–Kier alpha value is -1.35. The lowest BCUT2D eigenvalue weighted by Gasteiger charge is -2.14. The van der Waals surface area contributed by atoms with Gasteiger partial charge in [0.2, 0.25) is 5.91 Å². The van der Waals surface area contributed by atoms with E-state index in [1.165, 1.54) is 0 Å². The van der Waals surface area contributed by atoms with E-state index in [0.29, 0.717) is 5.56 Å². The number of hydrogen-bond acceptors (Lipinski definition) is 2. The first-order valence-corrected chi connectivity index (χ1v) is 5.31. The van der Waals surface area contributed by atoms with Gasteiger partial charge in [-0.1, -0.05) is 38.0 Å². The Balaban J connectivity index is 2.87. The second kappa shape index (κ2) is 5.51. The number of nitrogens with two attached hydrogens (primary N) is 2. The second-order valence-corrected chi connectivity index (χ2v) is 3.70. The molecular formula is C12H18N2O. The molecule has 1 amide bonds. The van der Waals surface area contributed by atoms with Crippen molar-refractivity contribution < 1.29 is 4.79 Å². The molecule has 0 aliphatic rings. The minimum absolute atomic E-state index is 0.0892. The summed E-state index contributed by atoms with van der Waals surface area (Å²) in [5.41, 5.74) is 12.7. The minimum Gasteiger partial charge on any atom is -0.366 e. The van der Waals surface area contributed by atoms with Crippen molar-refractivity contribution in [2.24, 2.45) is 11.5 Å². The van der Waals surface area contributed by atoms with Crippen LogP contribution in [0.15, 0.2) is 24.3 Å². The van der Waals surface area contributed by atoms with Crippen LogP contribution in [0.25, 0.3) is 0 Å². The van der Waals surface area contributed by atoms with Crippen LogP contribution >= 0.6 is 0 Å². The van der Waals surface area contributed by atoms with E-state index in [1.807, 2.05) is 12.1 Å². The van der Waals surface area contributed by atoms with E-state index in [-0.39, 0.29) is 6.04 Å². The number of primary amides is 1. The maximum atomic E-state index is 11.2. The van der Waals surface area contributed by atoms with Gasteiger partial charge in [-0.25, -0.2) is 0 Å². The first kappa shape index (κ1) is 11.7. The molecule has 1 aromatic carbocycles. The van der Waals surface area contributed by atoms with Crippen molar-refractivity contribution in [3.63, 3.8) is 0 Å². The van der Waals surface area contributed by atoms with Gasteiger partial charge < -0.3 is 11.5 Å². The summed E-state index contributed by atoms with van der Waals surface area (Å²) < 4.78 is 0. The highest BCUT2D eigenvalue weighted by Gasteiger charge is 2.12. The van der Waals surface area contributed by atoms with E-state index in [4.69, 9.17) is 11.5 Å². The summed E-state index contributed by atoms with van der Waals surface area (Å²) >= 11 is 0. The van der Waals surface area contributed by atoms with Gasteiger partial charge in [-0.3, -0.25) is 4.79 Å². The lowest BCUT2D eigenvalue weighted by atomic mass is 9.97. The molecule has 15 heavy (non-hydrogen) atoms. The van der Waals surface area contributed by atoms with Crippen molar-refractivity contribution >= 4 is 5.91 Å². The van der Waals surface area contributed by atoms with Crippen molar-refractivity contribution in [2.45, 2.75) is 32.2 Å². The fraction of sp³-hybridized carbons (Fsp3) is 0.417. The lowest BCUT2D eigenvalue weighted by Crippen LogP contribution is -2.19. The Morgan fingerprint density at radius 1 is 1.40 bits per heavy atom. The third-order valence-corrected chi connectivity index (χ3v) is 2.49. The molecule has 0 radical (unpaired) electrons. The highest BCUT2D eigenvalue weighted by Crippen LogP contribution is 2.20. The standard InChI is InChI=1S/C12H18N2O/c1-2-3-8-11(13)9-6-4-5-7-10(9)12(14)15/h4-7,11H,2-3,8,13H2,1H3,(H2,14,15). The summed E-state index contributed by atoms with van der Waals surface area (Å²) in [4.78, 5) is 11.2. The van der Waals surface area contributed by atoms with Crippen LogP contribution in [0.1, 0.15) is 48.1 Å². The highest BCUT2D eigenvalue weighted by molar-refractivity contribution is 5.94. The molecule has 3 nitrogen and oxygen atoms in total. The van der Waals surface area contributed by atoms with Crippen LogP contribution in [0.5, 0.6) is 0 Å². The van der Waals surface area contributed by atoms with Gasteiger partial charge >= 0.3 is 0 Å². The molecule has 1 aromatic rings. The summed E-state index contributed by atoms with van der Waals surface area (Å²) in [7, 11) is 0. The third kappa shape index (κ3) is 3.06. The zero-order chi connectivity index (χ0) is 11.3. The van der Waals surface area contributed by atoms with Crippen LogP contribution in [0.2, 0.25) is 0 Å². The van der Waals surface area contributed by atoms with Crippen LogP contribution in [-0.4, -0.2) is 5.91 Å². The van der Waals surface area contributed by atoms with Gasteiger partial charge in [-0.2, -0.15) is 0 Å². The van der Waals surface area contributed by atoms with Gasteiger partial charge in [-0.05, 0) is 18.1 Å². The molecule has 0 spiro atoms. The van der Waals surface area contributed by atoms with Crippen LogP contribution in [-0.2, 0) is 0 Å². The van der Waals surface area contributed by atoms with Crippen LogP contribution in [0.3, 0.4) is 0 Å². The molecule has 1 unspecified atom stereocenters. The summed E-state index contributed by atoms with van der Waals surface area (Å²) in [5, 5.41) is 0. The fourth-order valence-electron chi connectivity index (χ4n) is 1.62. The molecule has 0 saturated carbocycles. The number of benzene rings is 1. The maximum absolute atomic E-state index is 11.2. The molecule has 0 aliphatic heterocycles. The lowest BCUT2D eigenvalue weighted by molar-refractivity contribution is 0.0999. The van der Waals surface area contributed by atoms with Gasteiger partial charge in [0.1, 0.15) is 0 Å². The predicted molar refractivity (Wildman–Crippen MR) is 61.4 cm³/mol. The van der Waals surface area contributed by atoms with Crippen LogP contribution < -0.4 is 11.5 Å². The van der Waals surface area contributed by atoms with Gasteiger partial charge in [0.25, 0.3) is 0 Å². The molecule has 0 aliphatic carbocycles. The molecule has 0 aromatic heterocycles. The summed E-state index contributed by atoms with van der Waals surface area (Å²) in [6.45, 7) is 2.12. The van der Waals surface area contributed by atoms with Gasteiger partial charge in [0.05, 0.1) is 0 Å². The van der Waals surface area contributed by atoms with Crippen molar-refractivity contribution in [1.82, 2.24) is 0 Å². The number of amides is 1. The van der Waals surface area contributed by atoms with Crippen LogP contribution in [0.4, 0.5) is 0 Å². The normalized spacial score (nSPS) is 12.4. The fourth-order valence-corrected chi connectivity index (χ4v) is 1.62. The molecule has 0 saturated heterocycles. The first-order valence-electron chi connectivity index (χ1n) is 5.31. The molecule has 1 atom stereocenters. The Morgan fingerprint density at radius 2 is 2.07 bits per heavy atom. The van der Waals surface area contributed by atoms with E-state index < -0.39 is 5.91 Å². The largest absolute Gasteiger partial charge is 0.366 e. The average molecular weight is 206 g/mol. The van der Waals surface area contributed by atoms with E-state index in [2.05, 4.69) is 6.92 Å². The minimum atomic E-state index is -0.405. The van der Waals surface area contributed by atoms with Gasteiger partial charge in [0, 0.05) is 11.6 Å². The van der Waals surface area contributed by atoms with Crippen molar-refractivity contribution in [1.29, 1.82) is 0 Å². The van der Waals surface area contributed by atoms with E-state index in [9.17, 15) is 4.79 Å². The molecule has 82 valence electrons. The van der Waals surface area contributed by atoms with Gasteiger partial charge in [-0.15, -0.1) is 0 Å². The number of carbonyl (C=O) groups excluding carboxylic acids is 1. The quantitative estimate of drug-likeness (QED) is 0.773. The second-order valence-electron chi connectivity index (χ2n) is 3.70. The Kier molecular flexibility index (Phi) is 4.31. The van der Waals surface area contributed by atoms with E-state index in [0.717, 1.165) is 24.8 Å². The van der Waals surface area contributed by atoms with Gasteiger partial charge in [0.15, 0.2) is 0 Å². The summed E-state index contributed by atoms with van der Waals surface area (Å²) in [6, 6.07) is 7.20. The monoisotopic (exact) mass is 206 g/mol. The molecule has 4 N–H and O–H groups in total. The predicted octanol–water partition coefficient (Wildman–Crippen LogP) is 1.98. The van der Waals surface area contributed by atoms with Crippen molar-refractivity contribution in [2.75, 3.05) is 0 Å². The first-order chi connectivity index (χ1) is 7.16. The number of carbonyl (C=O) groups is 1. The van der Waals surface area contributed by atoms with E-state index in [1.54, 1.807) is 12.1 Å². The molecule has 0 fully saturated rings. The molecule has 3 heteroatoms. The average Bonchev–Trinajstić information content (AvgIpc) is 2.25. The summed E-state index contributed by atoms with van der Waals surface area (Å²) in [6.07, 6.45) is 3.06. The highest BCUT2D eigenvalue weighted by atomic mass is 16.1. The van der Waals surface area contributed by atoms with E-state index >= 15 is 0 Å². The Labute approximate surface area is 90.5 Å². The number of rotatable bonds is 5. The smallest absolute Gasteiger partial charge is 0.249 e. The third-order valence-electron chi connectivity index (χ3n) is 2.49. The SMILES string of the molecule is CCCCC(N)c1ccccc1C(N)=O. The van der Waals surface area contributed by atoms with Crippen LogP contribution in [0, 0.1) is 0 Å². The molecule has 0 bridgehead atoms. The van der Waals surface area contributed by atoms with Crippen molar-refractivity contribution in [3.8, 4) is 0 Å². The number of unbranched alkanes of at least 4 members (excludes halogenated alkanes) is 1. The zero-order valence-electron chi connectivity index (χ0n) is 9.07. The number of hydrogen-bond donors (Lipinski definition) is 2. The molecule has 0 heterocycles. The Bertz CT molecular complexity index is 336. The molecular weight excluding hydrogens is 188 g/mol. The Morgan fingerprint density at radius 3 is 2.67 bits per heavy atom. The maximum Gasteiger partial charge on any atom is 0.249 e. The topological polar surface area (TPSA) is 69.1 Å². The summed E-state index contributed by atoms with van der Waals surface area (Å²) in [5.74, 6) is -0.405. The molecule has 1 rings (SSSR count).